The summed E-state index contributed by atoms with van der Waals surface area (Å²) in [7, 11) is 0. The SMILES string of the molecule is CSc1nc(Cl)c2c(n1)[C@H](F)C1(CCc3c(C)cccc31)CC2. The topological polar surface area (TPSA) is 25.8 Å². The molecule has 2 aromatic rings. The van der Waals surface area contributed by atoms with Crippen LogP contribution in [0.15, 0.2) is 23.4 Å². The number of rotatable bonds is 1. The predicted octanol–water partition coefficient (Wildman–Crippen LogP) is 5.00. The van der Waals surface area contributed by atoms with Crippen molar-refractivity contribution in [2.75, 3.05) is 6.26 Å². The predicted molar refractivity (Wildman–Crippen MR) is 92.2 cm³/mol. The van der Waals surface area contributed by atoms with Crippen molar-refractivity contribution in [3.8, 4) is 0 Å². The van der Waals surface area contributed by atoms with E-state index < -0.39 is 11.6 Å². The molecular formula is C18H18ClFN2S. The van der Waals surface area contributed by atoms with Crippen LogP contribution in [-0.2, 0) is 18.3 Å². The van der Waals surface area contributed by atoms with Gasteiger partial charge in [0.2, 0.25) is 0 Å². The molecule has 0 fully saturated rings. The first kappa shape index (κ1) is 15.4. The summed E-state index contributed by atoms with van der Waals surface area (Å²) in [6.07, 6.45) is 4.10. The van der Waals surface area contributed by atoms with Gasteiger partial charge in [0.25, 0.3) is 0 Å². The van der Waals surface area contributed by atoms with E-state index >= 15 is 4.39 Å². The Morgan fingerprint density at radius 1 is 1.22 bits per heavy atom. The van der Waals surface area contributed by atoms with Crippen LogP contribution in [0.4, 0.5) is 4.39 Å². The summed E-state index contributed by atoms with van der Waals surface area (Å²) >= 11 is 7.68. The number of benzene rings is 1. The third-order valence-electron chi connectivity index (χ3n) is 5.46. The van der Waals surface area contributed by atoms with Gasteiger partial charge in [-0.05, 0) is 55.6 Å². The summed E-state index contributed by atoms with van der Waals surface area (Å²) in [4.78, 5) is 8.74. The molecule has 1 spiro atoms. The fraction of sp³-hybridized carbons (Fsp3) is 0.444. The van der Waals surface area contributed by atoms with E-state index in [2.05, 4.69) is 29.0 Å². The van der Waals surface area contributed by atoms with Gasteiger partial charge in [-0.25, -0.2) is 14.4 Å². The highest BCUT2D eigenvalue weighted by molar-refractivity contribution is 7.98. The van der Waals surface area contributed by atoms with Crippen molar-refractivity contribution in [3.05, 3.63) is 51.3 Å². The van der Waals surface area contributed by atoms with Gasteiger partial charge in [0.1, 0.15) is 5.15 Å². The van der Waals surface area contributed by atoms with Crippen LogP contribution in [0.25, 0.3) is 0 Å². The number of alkyl halides is 1. The number of halogens is 2. The summed E-state index contributed by atoms with van der Waals surface area (Å²) in [5, 5.41) is 0.968. The van der Waals surface area contributed by atoms with E-state index in [1.807, 2.05) is 12.3 Å². The molecule has 0 saturated carbocycles. The number of nitrogens with zero attached hydrogens (tertiary/aromatic N) is 2. The van der Waals surface area contributed by atoms with Gasteiger partial charge in [0, 0.05) is 11.0 Å². The smallest absolute Gasteiger partial charge is 0.189 e. The van der Waals surface area contributed by atoms with Crippen LogP contribution >= 0.6 is 23.4 Å². The zero-order valence-corrected chi connectivity index (χ0v) is 14.8. The van der Waals surface area contributed by atoms with Crippen molar-refractivity contribution in [3.63, 3.8) is 0 Å². The Morgan fingerprint density at radius 3 is 2.70 bits per heavy atom. The zero-order chi connectivity index (χ0) is 16.2. The van der Waals surface area contributed by atoms with Crippen molar-refractivity contribution < 1.29 is 4.39 Å². The molecule has 0 radical (unpaired) electrons. The molecule has 2 atom stereocenters. The zero-order valence-electron chi connectivity index (χ0n) is 13.2. The van der Waals surface area contributed by atoms with Gasteiger partial charge in [0.05, 0.1) is 5.69 Å². The quantitative estimate of drug-likeness (QED) is 0.412. The fourth-order valence-electron chi connectivity index (χ4n) is 4.23. The molecule has 1 heterocycles. The molecule has 1 aromatic heterocycles. The molecular weight excluding hydrogens is 331 g/mol. The molecule has 0 N–H and O–H groups in total. The molecule has 0 aliphatic heterocycles. The second-order valence-corrected chi connectivity index (χ2v) is 7.62. The fourth-order valence-corrected chi connectivity index (χ4v) is 4.92. The molecule has 2 aliphatic carbocycles. The Labute approximate surface area is 144 Å². The van der Waals surface area contributed by atoms with Gasteiger partial charge >= 0.3 is 0 Å². The number of aryl methyl sites for hydroxylation is 1. The van der Waals surface area contributed by atoms with Crippen LogP contribution < -0.4 is 0 Å². The van der Waals surface area contributed by atoms with E-state index in [1.54, 1.807) is 0 Å². The maximum atomic E-state index is 15.7. The Balaban J connectivity index is 1.87. The Bertz CT molecular complexity index is 795. The number of thioether (sulfide) groups is 1. The number of aromatic nitrogens is 2. The average Bonchev–Trinajstić information content (AvgIpc) is 2.92. The van der Waals surface area contributed by atoms with Crippen LogP contribution in [0.5, 0.6) is 0 Å². The van der Waals surface area contributed by atoms with Gasteiger partial charge < -0.3 is 0 Å². The van der Waals surface area contributed by atoms with E-state index in [4.69, 9.17) is 11.6 Å². The Kier molecular flexibility index (Phi) is 3.65. The minimum absolute atomic E-state index is 0.416. The number of hydrogen-bond donors (Lipinski definition) is 0. The van der Waals surface area contributed by atoms with Crippen LogP contribution in [0, 0.1) is 6.92 Å². The minimum atomic E-state index is -1.11. The highest BCUT2D eigenvalue weighted by atomic mass is 35.5. The molecule has 5 heteroatoms. The molecule has 0 saturated heterocycles. The molecule has 4 rings (SSSR count). The Morgan fingerprint density at radius 2 is 1.96 bits per heavy atom. The van der Waals surface area contributed by atoms with Crippen molar-refractivity contribution >= 4 is 23.4 Å². The summed E-state index contributed by atoms with van der Waals surface area (Å²) in [5.41, 5.74) is 4.63. The second kappa shape index (κ2) is 5.45. The molecule has 2 aliphatic rings. The maximum absolute atomic E-state index is 15.7. The van der Waals surface area contributed by atoms with Gasteiger partial charge in [-0.15, -0.1) is 0 Å². The van der Waals surface area contributed by atoms with E-state index in [1.165, 1.54) is 28.5 Å². The maximum Gasteiger partial charge on any atom is 0.189 e. The first-order chi connectivity index (χ1) is 11.1. The molecule has 1 unspecified atom stereocenters. The first-order valence-corrected chi connectivity index (χ1v) is 9.50. The third kappa shape index (κ3) is 2.14. The lowest BCUT2D eigenvalue weighted by atomic mass is 9.68. The van der Waals surface area contributed by atoms with Crippen molar-refractivity contribution in [1.29, 1.82) is 0 Å². The van der Waals surface area contributed by atoms with Crippen LogP contribution in [-0.4, -0.2) is 16.2 Å². The van der Waals surface area contributed by atoms with E-state index in [9.17, 15) is 0 Å². The van der Waals surface area contributed by atoms with Gasteiger partial charge in [-0.1, -0.05) is 41.6 Å². The lowest BCUT2D eigenvalue weighted by Crippen LogP contribution is -2.35. The van der Waals surface area contributed by atoms with Crippen molar-refractivity contribution in [2.24, 2.45) is 0 Å². The van der Waals surface area contributed by atoms with E-state index in [0.717, 1.165) is 31.2 Å². The summed E-state index contributed by atoms with van der Waals surface area (Å²) in [6.45, 7) is 2.12. The minimum Gasteiger partial charge on any atom is -0.240 e. The van der Waals surface area contributed by atoms with E-state index in [0.29, 0.717) is 16.0 Å². The molecule has 23 heavy (non-hydrogen) atoms. The van der Waals surface area contributed by atoms with E-state index in [-0.39, 0.29) is 0 Å². The molecule has 1 aromatic carbocycles. The lowest BCUT2D eigenvalue weighted by molar-refractivity contribution is 0.154. The standard InChI is InChI=1S/C18H18ClFN2S/c1-10-4-3-5-13-11(10)6-8-18(13)9-7-12-14(15(18)20)21-17(23-2)22-16(12)19/h3-5,15H,6-9H2,1-2H3/t15-,18?/m0/s1. The molecule has 0 bridgehead atoms. The summed E-state index contributed by atoms with van der Waals surface area (Å²) in [6, 6.07) is 6.27. The van der Waals surface area contributed by atoms with Gasteiger partial charge in [0.15, 0.2) is 11.3 Å². The average molecular weight is 349 g/mol. The van der Waals surface area contributed by atoms with Crippen LogP contribution in [0.3, 0.4) is 0 Å². The monoisotopic (exact) mass is 348 g/mol. The van der Waals surface area contributed by atoms with Crippen LogP contribution in [0.2, 0.25) is 5.15 Å². The number of hydrogen-bond acceptors (Lipinski definition) is 3. The highest BCUT2D eigenvalue weighted by Crippen LogP contribution is 2.55. The largest absolute Gasteiger partial charge is 0.240 e. The second-order valence-electron chi connectivity index (χ2n) is 6.48. The summed E-state index contributed by atoms with van der Waals surface area (Å²) in [5.74, 6) is 0. The van der Waals surface area contributed by atoms with Gasteiger partial charge in [-0.2, -0.15) is 0 Å². The molecule has 0 amide bonds. The molecule has 2 nitrogen and oxygen atoms in total. The van der Waals surface area contributed by atoms with Gasteiger partial charge in [-0.3, -0.25) is 0 Å². The van der Waals surface area contributed by atoms with Crippen molar-refractivity contribution in [2.45, 2.75) is 49.4 Å². The third-order valence-corrected chi connectivity index (χ3v) is 6.33. The first-order valence-electron chi connectivity index (χ1n) is 7.90. The normalized spacial score (nSPS) is 25.5. The summed E-state index contributed by atoms with van der Waals surface area (Å²) < 4.78 is 15.7. The lowest BCUT2D eigenvalue weighted by Gasteiger charge is -2.38. The number of fused-ring (bicyclic) bond motifs is 3. The Hall–Kier alpha value is -1.13. The van der Waals surface area contributed by atoms with Crippen molar-refractivity contribution in [1.82, 2.24) is 9.97 Å². The molecule has 120 valence electrons. The van der Waals surface area contributed by atoms with Crippen LogP contribution in [0.1, 0.15) is 47.0 Å². The highest BCUT2D eigenvalue weighted by Gasteiger charge is 2.50.